The van der Waals surface area contributed by atoms with Gasteiger partial charge < -0.3 is 0 Å². The number of thioether (sulfide) groups is 1. The first-order chi connectivity index (χ1) is 12.7. The molecule has 4 nitrogen and oxygen atoms in total. The summed E-state index contributed by atoms with van der Waals surface area (Å²) in [5.74, 6) is 0.735. The van der Waals surface area contributed by atoms with E-state index in [4.69, 9.17) is 10.2 Å². The van der Waals surface area contributed by atoms with Gasteiger partial charge in [0.05, 0.1) is 17.0 Å². The molecule has 0 atom stereocenters. The van der Waals surface area contributed by atoms with Gasteiger partial charge in [0.1, 0.15) is 4.83 Å². The molecule has 1 aromatic carbocycles. The predicted octanol–water partition coefficient (Wildman–Crippen LogP) is 4.52. The Balaban J connectivity index is 1.70. The van der Waals surface area contributed by atoms with Gasteiger partial charge in [-0.05, 0) is 48.9 Å². The molecule has 0 radical (unpaired) electrons. The average Bonchev–Trinajstić information content (AvgIpc) is 3.24. The number of aryl methyl sites for hydroxylation is 2. The highest BCUT2D eigenvalue weighted by Gasteiger charge is 2.23. The van der Waals surface area contributed by atoms with Crippen molar-refractivity contribution >= 4 is 33.3 Å². The van der Waals surface area contributed by atoms with E-state index >= 15 is 0 Å². The van der Waals surface area contributed by atoms with Crippen molar-refractivity contribution in [1.82, 2.24) is 9.55 Å². The molecule has 3 aromatic rings. The van der Waals surface area contributed by atoms with Gasteiger partial charge in [-0.3, -0.25) is 9.36 Å². The van der Waals surface area contributed by atoms with Crippen molar-refractivity contribution in [3.63, 3.8) is 0 Å². The molecular weight excluding hydrogens is 362 g/mol. The highest BCUT2D eigenvalue weighted by Crippen LogP contribution is 2.35. The van der Waals surface area contributed by atoms with E-state index in [-0.39, 0.29) is 5.56 Å². The van der Waals surface area contributed by atoms with Gasteiger partial charge in [0, 0.05) is 17.2 Å². The monoisotopic (exact) mass is 381 g/mol. The largest absolute Gasteiger partial charge is 0.287 e. The average molecular weight is 382 g/mol. The number of thiophene rings is 1. The Morgan fingerprint density at radius 2 is 2.12 bits per heavy atom. The van der Waals surface area contributed by atoms with Crippen molar-refractivity contribution in [2.45, 2.75) is 50.1 Å². The molecule has 4 rings (SSSR count). The van der Waals surface area contributed by atoms with Crippen LogP contribution in [0, 0.1) is 11.3 Å². The third kappa shape index (κ3) is 3.06. The summed E-state index contributed by atoms with van der Waals surface area (Å²) < 4.78 is 1.85. The lowest BCUT2D eigenvalue weighted by Gasteiger charge is -2.11. The molecule has 2 aromatic heterocycles. The van der Waals surface area contributed by atoms with Crippen LogP contribution in [0.3, 0.4) is 0 Å². The fourth-order valence-electron chi connectivity index (χ4n) is 3.41. The van der Waals surface area contributed by atoms with Gasteiger partial charge in [0.2, 0.25) is 0 Å². The lowest BCUT2D eigenvalue weighted by Crippen LogP contribution is -2.23. The van der Waals surface area contributed by atoms with Crippen LogP contribution < -0.4 is 5.56 Å². The summed E-state index contributed by atoms with van der Waals surface area (Å²) in [6.45, 7) is 2.78. The zero-order valence-corrected chi connectivity index (χ0v) is 16.3. The standard InChI is InChI=1S/C20H19N3OS2/c1-2-10-23-19(24)17-15-4-3-5-16(15)26-18(17)22-20(23)25-12-14-8-6-13(11-21)7-9-14/h6-9H,2-5,10,12H2,1H3. The molecule has 1 aliphatic rings. The Kier molecular flexibility index (Phi) is 4.84. The normalized spacial score (nSPS) is 13.1. The molecule has 0 amide bonds. The number of aromatic nitrogens is 2. The smallest absolute Gasteiger partial charge is 0.263 e. The van der Waals surface area contributed by atoms with Crippen LogP contribution in [0.15, 0.2) is 34.2 Å². The molecule has 0 saturated heterocycles. The third-order valence-electron chi connectivity index (χ3n) is 4.69. The van der Waals surface area contributed by atoms with E-state index in [1.54, 1.807) is 23.1 Å². The Morgan fingerprint density at radius 3 is 2.85 bits per heavy atom. The Labute approximate surface area is 160 Å². The van der Waals surface area contributed by atoms with E-state index in [9.17, 15) is 4.79 Å². The summed E-state index contributed by atoms with van der Waals surface area (Å²) in [5.41, 5.74) is 3.16. The van der Waals surface area contributed by atoms with Crippen LogP contribution in [0.25, 0.3) is 10.2 Å². The number of nitriles is 1. The van der Waals surface area contributed by atoms with Gasteiger partial charge in [0.25, 0.3) is 5.56 Å². The maximum absolute atomic E-state index is 13.1. The number of benzene rings is 1. The molecule has 2 heterocycles. The Morgan fingerprint density at radius 1 is 1.31 bits per heavy atom. The summed E-state index contributed by atoms with van der Waals surface area (Å²) in [6.07, 6.45) is 4.15. The summed E-state index contributed by atoms with van der Waals surface area (Å²) in [7, 11) is 0. The quantitative estimate of drug-likeness (QED) is 0.481. The molecule has 26 heavy (non-hydrogen) atoms. The van der Waals surface area contributed by atoms with Crippen molar-refractivity contribution in [3.05, 3.63) is 56.2 Å². The highest BCUT2D eigenvalue weighted by atomic mass is 32.2. The van der Waals surface area contributed by atoms with Crippen molar-refractivity contribution < 1.29 is 0 Å². The van der Waals surface area contributed by atoms with E-state index in [0.29, 0.717) is 12.1 Å². The molecular formula is C20H19N3OS2. The maximum atomic E-state index is 13.1. The molecule has 1 aliphatic carbocycles. The lowest BCUT2D eigenvalue weighted by molar-refractivity contribution is 0.585. The van der Waals surface area contributed by atoms with E-state index < -0.39 is 0 Å². The molecule has 0 bridgehead atoms. The van der Waals surface area contributed by atoms with Crippen LogP contribution >= 0.6 is 23.1 Å². The Bertz CT molecular complexity index is 1060. The number of hydrogen-bond donors (Lipinski definition) is 0. The molecule has 0 saturated carbocycles. The van der Waals surface area contributed by atoms with Gasteiger partial charge in [-0.2, -0.15) is 5.26 Å². The van der Waals surface area contributed by atoms with Crippen LogP contribution in [-0.4, -0.2) is 9.55 Å². The second-order valence-electron chi connectivity index (χ2n) is 6.49. The topological polar surface area (TPSA) is 58.7 Å². The number of hydrogen-bond acceptors (Lipinski definition) is 5. The van der Waals surface area contributed by atoms with Crippen LogP contribution in [-0.2, 0) is 25.1 Å². The minimum absolute atomic E-state index is 0.124. The summed E-state index contributed by atoms with van der Waals surface area (Å²) in [5, 5.41) is 10.6. The summed E-state index contributed by atoms with van der Waals surface area (Å²) >= 11 is 3.29. The molecule has 0 aliphatic heterocycles. The van der Waals surface area contributed by atoms with E-state index in [0.717, 1.165) is 52.4 Å². The molecule has 132 valence electrons. The van der Waals surface area contributed by atoms with Gasteiger partial charge in [-0.25, -0.2) is 4.98 Å². The summed E-state index contributed by atoms with van der Waals surface area (Å²) in [4.78, 5) is 20.2. The summed E-state index contributed by atoms with van der Waals surface area (Å²) in [6, 6.07) is 9.72. The molecule has 0 fully saturated rings. The van der Waals surface area contributed by atoms with Gasteiger partial charge in [-0.15, -0.1) is 11.3 Å². The fourth-order valence-corrected chi connectivity index (χ4v) is 5.70. The van der Waals surface area contributed by atoms with Gasteiger partial charge in [-0.1, -0.05) is 30.8 Å². The molecule has 0 unspecified atom stereocenters. The van der Waals surface area contributed by atoms with E-state index in [1.807, 2.05) is 28.8 Å². The maximum Gasteiger partial charge on any atom is 0.263 e. The van der Waals surface area contributed by atoms with E-state index in [2.05, 4.69) is 13.0 Å². The second kappa shape index (κ2) is 7.26. The van der Waals surface area contributed by atoms with Crippen molar-refractivity contribution in [1.29, 1.82) is 5.26 Å². The van der Waals surface area contributed by atoms with Crippen molar-refractivity contribution in [3.8, 4) is 6.07 Å². The van der Waals surface area contributed by atoms with Crippen LogP contribution in [0.2, 0.25) is 0 Å². The van der Waals surface area contributed by atoms with Gasteiger partial charge in [0.15, 0.2) is 5.16 Å². The first-order valence-corrected chi connectivity index (χ1v) is 10.7. The highest BCUT2D eigenvalue weighted by molar-refractivity contribution is 7.98. The second-order valence-corrected chi connectivity index (χ2v) is 8.51. The first kappa shape index (κ1) is 17.3. The molecule has 0 N–H and O–H groups in total. The van der Waals surface area contributed by atoms with Crippen molar-refractivity contribution in [2.24, 2.45) is 0 Å². The predicted molar refractivity (Wildman–Crippen MR) is 107 cm³/mol. The van der Waals surface area contributed by atoms with Crippen LogP contribution in [0.5, 0.6) is 0 Å². The van der Waals surface area contributed by atoms with Gasteiger partial charge >= 0.3 is 0 Å². The zero-order valence-electron chi connectivity index (χ0n) is 14.6. The van der Waals surface area contributed by atoms with Crippen molar-refractivity contribution in [2.75, 3.05) is 0 Å². The fraction of sp³-hybridized carbons (Fsp3) is 0.350. The number of fused-ring (bicyclic) bond motifs is 3. The number of rotatable bonds is 5. The molecule has 0 spiro atoms. The van der Waals surface area contributed by atoms with E-state index in [1.165, 1.54) is 10.4 Å². The van der Waals surface area contributed by atoms with Crippen LogP contribution in [0.1, 0.15) is 41.3 Å². The minimum Gasteiger partial charge on any atom is -0.287 e. The Hall–Kier alpha value is -2.10. The molecule has 6 heteroatoms. The minimum atomic E-state index is 0.124. The SMILES string of the molecule is CCCn1c(SCc2ccc(C#N)cc2)nc2sc3c(c2c1=O)CCC3. The lowest BCUT2D eigenvalue weighted by atomic mass is 10.2. The third-order valence-corrected chi connectivity index (χ3v) is 6.92. The van der Waals surface area contributed by atoms with Crippen LogP contribution in [0.4, 0.5) is 0 Å². The first-order valence-electron chi connectivity index (χ1n) is 8.88. The number of nitrogens with zero attached hydrogens (tertiary/aromatic N) is 3. The zero-order chi connectivity index (χ0) is 18.1.